The number of morpholine rings is 1. The smallest absolute Gasteiger partial charge is 0.229 e. The number of Topliss-reactive ketones (excluding diaryl/α,β-unsaturated/α-hetero) is 1. The predicted octanol–water partition coefficient (Wildman–Crippen LogP) is 4.65. The first-order valence-electron chi connectivity index (χ1n) is 11.3. The highest BCUT2D eigenvalue weighted by Gasteiger charge is 2.12. The standard InChI is InChI=1S/C25H28BrN5O4/c1-17(32)18-3-5-19(6-4-18)28-24-21(26)16-27-25(30-24)29-20-7-8-22(33-2)23(15-20)35-14-11-31-9-12-34-13-10-31/h3-8,15-16H,9-14H2,1-2H3,(H2,27,28,29,30). The number of halogens is 1. The summed E-state index contributed by atoms with van der Waals surface area (Å²) in [6, 6.07) is 12.8. The minimum absolute atomic E-state index is 0.0233. The lowest BCUT2D eigenvalue weighted by molar-refractivity contribution is 0.0321. The Kier molecular flexibility index (Phi) is 8.51. The monoisotopic (exact) mass is 541 g/mol. The Balaban J connectivity index is 1.43. The van der Waals surface area contributed by atoms with Gasteiger partial charge in [-0.3, -0.25) is 9.69 Å². The van der Waals surface area contributed by atoms with Crippen LogP contribution in [0.5, 0.6) is 11.5 Å². The number of rotatable bonds is 10. The average molecular weight is 542 g/mol. The number of nitrogens with zero attached hydrogens (tertiary/aromatic N) is 3. The van der Waals surface area contributed by atoms with E-state index in [1.807, 2.05) is 30.3 Å². The minimum atomic E-state index is 0.0233. The van der Waals surface area contributed by atoms with Gasteiger partial charge in [0.25, 0.3) is 0 Å². The molecular weight excluding hydrogens is 514 g/mol. The highest BCUT2D eigenvalue weighted by atomic mass is 79.9. The van der Waals surface area contributed by atoms with E-state index in [4.69, 9.17) is 14.2 Å². The maximum Gasteiger partial charge on any atom is 0.229 e. The number of methoxy groups -OCH3 is 1. The molecule has 1 aliphatic heterocycles. The van der Waals surface area contributed by atoms with Crippen LogP contribution in [0.25, 0.3) is 0 Å². The number of hydrogen-bond acceptors (Lipinski definition) is 9. The summed E-state index contributed by atoms with van der Waals surface area (Å²) in [5.74, 6) is 2.33. The molecule has 0 amide bonds. The van der Waals surface area contributed by atoms with Crippen molar-refractivity contribution >= 4 is 44.9 Å². The molecule has 1 aliphatic rings. The average Bonchev–Trinajstić information content (AvgIpc) is 2.87. The molecule has 1 aromatic heterocycles. The van der Waals surface area contributed by atoms with Crippen LogP contribution in [0, 0.1) is 0 Å². The maximum atomic E-state index is 11.5. The molecule has 9 nitrogen and oxygen atoms in total. The van der Waals surface area contributed by atoms with Crippen molar-refractivity contribution in [1.82, 2.24) is 14.9 Å². The fourth-order valence-electron chi connectivity index (χ4n) is 3.55. The number of aromatic nitrogens is 2. The van der Waals surface area contributed by atoms with Gasteiger partial charge >= 0.3 is 0 Å². The number of hydrogen-bond donors (Lipinski definition) is 2. The van der Waals surface area contributed by atoms with Gasteiger partial charge in [0, 0.05) is 48.8 Å². The quantitative estimate of drug-likeness (QED) is 0.355. The first-order chi connectivity index (χ1) is 17.0. The van der Waals surface area contributed by atoms with Gasteiger partial charge in [0.2, 0.25) is 5.95 Å². The fraction of sp³-hybridized carbons (Fsp3) is 0.320. The summed E-state index contributed by atoms with van der Waals surface area (Å²) in [5, 5.41) is 6.47. The Morgan fingerprint density at radius 1 is 1.09 bits per heavy atom. The van der Waals surface area contributed by atoms with Crippen LogP contribution >= 0.6 is 15.9 Å². The summed E-state index contributed by atoms with van der Waals surface area (Å²) in [7, 11) is 1.62. The van der Waals surface area contributed by atoms with Gasteiger partial charge in [0.15, 0.2) is 17.3 Å². The van der Waals surface area contributed by atoms with Crippen molar-refractivity contribution in [3.63, 3.8) is 0 Å². The zero-order valence-corrected chi connectivity index (χ0v) is 21.3. The molecule has 0 radical (unpaired) electrons. The molecule has 0 unspecified atom stereocenters. The number of nitrogens with one attached hydrogen (secondary N) is 2. The second-order valence-corrected chi connectivity index (χ2v) is 8.80. The number of ketones is 1. The van der Waals surface area contributed by atoms with Crippen LogP contribution < -0.4 is 20.1 Å². The molecule has 1 fully saturated rings. The molecular formula is C25H28BrN5O4. The SMILES string of the molecule is COc1ccc(Nc2ncc(Br)c(Nc3ccc(C(C)=O)cc3)n2)cc1OCCN1CCOCC1. The summed E-state index contributed by atoms with van der Waals surface area (Å²) in [4.78, 5) is 22.8. The molecule has 3 aromatic rings. The number of benzene rings is 2. The highest BCUT2D eigenvalue weighted by Crippen LogP contribution is 2.32. The van der Waals surface area contributed by atoms with Crippen LogP contribution in [0.1, 0.15) is 17.3 Å². The highest BCUT2D eigenvalue weighted by molar-refractivity contribution is 9.10. The van der Waals surface area contributed by atoms with Crippen molar-refractivity contribution < 1.29 is 19.0 Å². The van der Waals surface area contributed by atoms with Gasteiger partial charge in [0.1, 0.15) is 12.4 Å². The first kappa shape index (κ1) is 24.9. The van der Waals surface area contributed by atoms with Crippen molar-refractivity contribution in [2.75, 3.05) is 57.2 Å². The second-order valence-electron chi connectivity index (χ2n) is 7.94. The Labute approximate surface area is 212 Å². The minimum Gasteiger partial charge on any atom is -0.493 e. The van der Waals surface area contributed by atoms with Gasteiger partial charge in [-0.05, 0) is 59.3 Å². The molecule has 184 valence electrons. The van der Waals surface area contributed by atoms with Crippen LogP contribution in [-0.2, 0) is 4.74 Å². The van der Waals surface area contributed by atoms with Crippen LogP contribution in [0.2, 0.25) is 0 Å². The van der Waals surface area contributed by atoms with Crippen molar-refractivity contribution in [3.05, 3.63) is 58.7 Å². The second kappa shape index (κ2) is 12.0. The third kappa shape index (κ3) is 6.91. The summed E-state index contributed by atoms with van der Waals surface area (Å²) in [6.07, 6.45) is 1.67. The molecule has 10 heteroatoms. The molecule has 0 spiro atoms. The maximum absolute atomic E-state index is 11.5. The summed E-state index contributed by atoms with van der Waals surface area (Å²) >= 11 is 3.49. The van der Waals surface area contributed by atoms with Gasteiger partial charge in [0.05, 0.1) is 24.8 Å². The normalized spacial score (nSPS) is 13.8. The number of carbonyl (C=O) groups is 1. The molecule has 0 bridgehead atoms. The molecule has 4 rings (SSSR count). The molecule has 0 atom stereocenters. The van der Waals surface area contributed by atoms with Gasteiger partial charge in [-0.25, -0.2) is 4.98 Å². The first-order valence-corrected chi connectivity index (χ1v) is 12.1. The van der Waals surface area contributed by atoms with Crippen LogP contribution in [-0.4, -0.2) is 67.2 Å². The van der Waals surface area contributed by atoms with Crippen molar-refractivity contribution in [1.29, 1.82) is 0 Å². The number of anilines is 4. The Morgan fingerprint density at radius 2 is 1.83 bits per heavy atom. The molecule has 1 saturated heterocycles. The van der Waals surface area contributed by atoms with Gasteiger partial charge in [-0.15, -0.1) is 0 Å². The van der Waals surface area contributed by atoms with Crippen LogP contribution in [0.15, 0.2) is 53.1 Å². The fourth-order valence-corrected chi connectivity index (χ4v) is 3.84. The summed E-state index contributed by atoms with van der Waals surface area (Å²) in [5.41, 5.74) is 2.23. The third-order valence-corrected chi connectivity index (χ3v) is 6.07. The third-order valence-electron chi connectivity index (χ3n) is 5.49. The molecule has 0 saturated carbocycles. The van der Waals surface area contributed by atoms with E-state index in [0.717, 1.165) is 44.2 Å². The van der Waals surface area contributed by atoms with Gasteiger partial charge in [-0.2, -0.15) is 4.98 Å². The number of ether oxygens (including phenoxy) is 3. The van der Waals surface area contributed by atoms with E-state index in [9.17, 15) is 4.79 Å². The molecule has 35 heavy (non-hydrogen) atoms. The summed E-state index contributed by atoms with van der Waals surface area (Å²) in [6.45, 7) is 6.27. The van der Waals surface area contributed by atoms with E-state index >= 15 is 0 Å². The van der Waals surface area contributed by atoms with Crippen LogP contribution in [0.3, 0.4) is 0 Å². The van der Waals surface area contributed by atoms with Gasteiger partial charge < -0.3 is 24.8 Å². The van der Waals surface area contributed by atoms with Crippen LogP contribution in [0.4, 0.5) is 23.1 Å². The van der Waals surface area contributed by atoms with E-state index in [0.29, 0.717) is 39.9 Å². The molecule has 2 aromatic carbocycles. The van der Waals surface area contributed by atoms with E-state index in [-0.39, 0.29) is 5.78 Å². The zero-order chi connectivity index (χ0) is 24.6. The number of carbonyl (C=O) groups excluding carboxylic acids is 1. The molecule has 0 aliphatic carbocycles. The lowest BCUT2D eigenvalue weighted by Crippen LogP contribution is -2.38. The summed E-state index contributed by atoms with van der Waals surface area (Å²) < 4.78 is 17.6. The van der Waals surface area contributed by atoms with Crippen molar-refractivity contribution in [2.24, 2.45) is 0 Å². The zero-order valence-electron chi connectivity index (χ0n) is 19.7. The Morgan fingerprint density at radius 3 is 2.54 bits per heavy atom. The largest absolute Gasteiger partial charge is 0.493 e. The lowest BCUT2D eigenvalue weighted by atomic mass is 10.1. The van der Waals surface area contributed by atoms with E-state index < -0.39 is 0 Å². The van der Waals surface area contributed by atoms with E-state index in [2.05, 4.69) is 41.4 Å². The van der Waals surface area contributed by atoms with Gasteiger partial charge in [-0.1, -0.05) is 0 Å². The molecule has 2 N–H and O–H groups in total. The topological polar surface area (TPSA) is 97.8 Å². The molecule has 2 heterocycles. The van der Waals surface area contributed by atoms with E-state index in [1.54, 1.807) is 32.4 Å². The van der Waals surface area contributed by atoms with Crippen molar-refractivity contribution in [2.45, 2.75) is 6.92 Å². The predicted molar refractivity (Wildman–Crippen MR) is 138 cm³/mol. The van der Waals surface area contributed by atoms with Crippen molar-refractivity contribution in [3.8, 4) is 11.5 Å². The Bertz CT molecular complexity index is 1150. The lowest BCUT2D eigenvalue weighted by Gasteiger charge is -2.26. The van der Waals surface area contributed by atoms with E-state index in [1.165, 1.54) is 0 Å². The Hall–Kier alpha value is -3.21.